The molecule has 1 amide bonds. The van der Waals surface area contributed by atoms with Gasteiger partial charge in [0.1, 0.15) is 0 Å². The molecule has 2 rings (SSSR count). The van der Waals surface area contributed by atoms with Crippen LogP contribution in [0.4, 0.5) is 0 Å². The second-order valence-electron chi connectivity index (χ2n) is 5.22. The van der Waals surface area contributed by atoms with Crippen LogP contribution >= 0.6 is 0 Å². The molecule has 110 valence electrons. The van der Waals surface area contributed by atoms with Gasteiger partial charge in [-0.2, -0.15) is 4.31 Å². The van der Waals surface area contributed by atoms with Crippen molar-refractivity contribution in [2.75, 3.05) is 52.1 Å². The van der Waals surface area contributed by atoms with Crippen molar-refractivity contribution in [2.45, 2.75) is 12.5 Å². The lowest BCUT2D eigenvalue weighted by Crippen LogP contribution is -2.52. The minimum absolute atomic E-state index is 0.0160. The fraction of sp³-hybridized carbons (Fsp3) is 0.909. The summed E-state index contributed by atoms with van der Waals surface area (Å²) in [7, 11) is -3.15. The van der Waals surface area contributed by atoms with Crippen LogP contribution in [0, 0.1) is 0 Å². The first kappa shape index (κ1) is 14.7. The standard InChI is InChI=1S/C11H21N3O4S/c1-19(17,18)14-6-4-13(5-7-14)11(16)9-12-3-2-10(15)8-12/h10,15H,2-9H2,1H3. The highest BCUT2D eigenvalue weighted by Gasteiger charge is 2.28. The predicted molar refractivity (Wildman–Crippen MR) is 70.1 cm³/mol. The number of β-amino-alcohol motifs (C(OH)–C–C–N with tert-alkyl or cyclic N) is 1. The molecule has 0 bridgehead atoms. The van der Waals surface area contributed by atoms with E-state index in [1.807, 2.05) is 4.90 Å². The topological polar surface area (TPSA) is 81.2 Å². The number of sulfonamides is 1. The van der Waals surface area contributed by atoms with Crippen molar-refractivity contribution in [1.29, 1.82) is 0 Å². The van der Waals surface area contributed by atoms with Crippen molar-refractivity contribution < 1.29 is 18.3 Å². The number of nitrogens with zero attached hydrogens (tertiary/aromatic N) is 3. The molecule has 8 heteroatoms. The monoisotopic (exact) mass is 291 g/mol. The molecule has 2 fully saturated rings. The van der Waals surface area contributed by atoms with Crippen molar-refractivity contribution in [1.82, 2.24) is 14.1 Å². The molecule has 0 aromatic rings. The van der Waals surface area contributed by atoms with Gasteiger partial charge in [-0.1, -0.05) is 0 Å². The fourth-order valence-corrected chi connectivity index (χ4v) is 3.34. The lowest BCUT2D eigenvalue weighted by molar-refractivity contribution is -0.133. The second kappa shape index (κ2) is 5.74. The maximum absolute atomic E-state index is 12.1. The molecular formula is C11H21N3O4S. The predicted octanol–water partition coefficient (Wildman–Crippen LogP) is -1.84. The molecule has 7 nitrogen and oxygen atoms in total. The lowest BCUT2D eigenvalue weighted by atomic mass is 10.3. The minimum atomic E-state index is -3.15. The van der Waals surface area contributed by atoms with Crippen molar-refractivity contribution >= 4 is 15.9 Å². The van der Waals surface area contributed by atoms with Gasteiger partial charge in [0.25, 0.3) is 0 Å². The third kappa shape index (κ3) is 3.88. The summed E-state index contributed by atoms with van der Waals surface area (Å²) in [6.45, 7) is 3.24. The number of amides is 1. The number of aliphatic hydroxyl groups is 1. The Morgan fingerprint density at radius 3 is 2.32 bits per heavy atom. The van der Waals surface area contributed by atoms with Crippen LogP contribution in [0.5, 0.6) is 0 Å². The van der Waals surface area contributed by atoms with Crippen molar-refractivity contribution in [3.63, 3.8) is 0 Å². The molecule has 19 heavy (non-hydrogen) atoms. The van der Waals surface area contributed by atoms with E-state index in [9.17, 15) is 18.3 Å². The molecule has 2 saturated heterocycles. The summed E-state index contributed by atoms with van der Waals surface area (Å²) < 4.78 is 24.1. The largest absolute Gasteiger partial charge is 0.392 e. The highest BCUT2D eigenvalue weighted by molar-refractivity contribution is 7.88. The van der Waals surface area contributed by atoms with E-state index >= 15 is 0 Å². The van der Waals surface area contributed by atoms with Gasteiger partial charge in [-0.3, -0.25) is 9.69 Å². The summed E-state index contributed by atoms with van der Waals surface area (Å²) in [4.78, 5) is 15.7. The van der Waals surface area contributed by atoms with Crippen molar-refractivity contribution in [2.24, 2.45) is 0 Å². The van der Waals surface area contributed by atoms with Crippen LogP contribution < -0.4 is 0 Å². The zero-order chi connectivity index (χ0) is 14.0. The first-order chi connectivity index (χ1) is 8.86. The SMILES string of the molecule is CS(=O)(=O)N1CCN(C(=O)CN2CCC(O)C2)CC1. The number of piperazine rings is 1. The summed E-state index contributed by atoms with van der Waals surface area (Å²) in [6, 6.07) is 0. The number of carbonyl (C=O) groups excluding carboxylic acids is 1. The first-order valence-corrected chi connectivity index (χ1v) is 8.34. The Bertz CT molecular complexity index is 431. The Balaban J connectivity index is 1.79. The summed E-state index contributed by atoms with van der Waals surface area (Å²) >= 11 is 0. The van der Waals surface area contributed by atoms with Gasteiger partial charge in [0.15, 0.2) is 0 Å². The number of hydrogen-bond acceptors (Lipinski definition) is 5. The lowest BCUT2D eigenvalue weighted by Gasteiger charge is -2.34. The Labute approximate surface area is 113 Å². The molecule has 2 aliphatic heterocycles. The van der Waals surface area contributed by atoms with Crippen LogP contribution in [-0.2, 0) is 14.8 Å². The molecule has 2 aliphatic rings. The maximum atomic E-state index is 12.1. The van der Waals surface area contributed by atoms with Gasteiger partial charge in [0, 0.05) is 39.3 Å². The summed E-state index contributed by atoms with van der Waals surface area (Å²) in [5.41, 5.74) is 0. The molecule has 0 aromatic heterocycles. The van der Waals surface area contributed by atoms with E-state index in [1.54, 1.807) is 4.90 Å². The zero-order valence-electron chi connectivity index (χ0n) is 11.2. The van der Waals surface area contributed by atoms with E-state index in [1.165, 1.54) is 10.6 Å². The van der Waals surface area contributed by atoms with E-state index < -0.39 is 10.0 Å². The average Bonchev–Trinajstić information content (AvgIpc) is 2.74. The molecule has 0 spiro atoms. The van der Waals surface area contributed by atoms with Gasteiger partial charge in [0.05, 0.1) is 18.9 Å². The number of likely N-dealkylation sites (tertiary alicyclic amines) is 1. The van der Waals surface area contributed by atoms with Gasteiger partial charge in [0.2, 0.25) is 15.9 Å². The normalized spacial score (nSPS) is 26.8. The quantitative estimate of drug-likeness (QED) is 0.661. The van der Waals surface area contributed by atoms with Gasteiger partial charge in [-0.05, 0) is 6.42 Å². The number of hydrogen-bond donors (Lipinski definition) is 1. The molecule has 0 saturated carbocycles. The molecule has 0 aromatic carbocycles. The maximum Gasteiger partial charge on any atom is 0.236 e. The Hall–Kier alpha value is -0.700. The second-order valence-corrected chi connectivity index (χ2v) is 7.20. The Morgan fingerprint density at radius 1 is 1.21 bits per heavy atom. The van der Waals surface area contributed by atoms with Crippen LogP contribution in [0.1, 0.15) is 6.42 Å². The summed E-state index contributed by atoms with van der Waals surface area (Å²) in [6.07, 6.45) is 1.58. The molecule has 1 atom stereocenters. The van der Waals surface area contributed by atoms with Crippen molar-refractivity contribution in [3.8, 4) is 0 Å². The van der Waals surface area contributed by atoms with Gasteiger partial charge in [-0.25, -0.2) is 8.42 Å². The Kier molecular flexibility index (Phi) is 4.44. The number of rotatable bonds is 3. The first-order valence-electron chi connectivity index (χ1n) is 6.49. The smallest absolute Gasteiger partial charge is 0.236 e. The van der Waals surface area contributed by atoms with E-state index in [0.717, 1.165) is 13.0 Å². The minimum Gasteiger partial charge on any atom is -0.392 e. The van der Waals surface area contributed by atoms with E-state index in [4.69, 9.17) is 0 Å². The zero-order valence-corrected chi connectivity index (χ0v) is 12.0. The Morgan fingerprint density at radius 2 is 1.84 bits per heavy atom. The third-order valence-electron chi connectivity index (χ3n) is 3.67. The van der Waals surface area contributed by atoms with E-state index in [-0.39, 0.29) is 12.0 Å². The highest BCUT2D eigenvalue weighted by atomic mass is 32.2. The molecule has 0 aliphatic carbocycles. The molecular weight excluding hydrogens is 270 g/mol. The van der Waals surface area contributed by atoms with Crippen molar-refractivity contribution in [3.05, 3.63) is 0 Å². The number of carbonyl (C=O) groups is 1. The summed E-state index contributed by atoms with van der Waals surface area (Å²) in [5.74, 6) is 0.0160. The fourth-order valence-electron chi connectivity index (χ4n) is 2.52. The third-order valence-corrected chi connectivity index (χ3v) is 4.97. The van der Waals surface area contributed by atoms with E-state index in [0.29, 0.717) is 39.3 Å². The molecule has 0 radical (unpaired) electrons. The summed E-state index contributed by atoms with van der Waals surface area (Å²) in [5, 5.41) is 9.41. The molecule has 2 heterocycles. The van der Waals surface area contributed by atoms with Crippen LogP contribution in [0.3, 0.4) is 0 Å². The highest BCUT2D eigenvalue weighted by Crippen LogP contribution is 2.10. The molecule has 1 N–H and O–H groups in total. The van der Waals surface area contributed by atoms with Gasteiger partial charge >= 0.3 is 0 Å². The van der Waals surface area contributed by atoms with Crippen LogP contribution in [0.2, 0.25) is 0 Å². The van der Waals surface area contributed by atoms with E-state index in [2.05, 4.69) is 0 Å². The van der Waals surface area contributed by atoms with Gasteiger partial charge in [-0.15, -0.1) is 0 Å². The molecule has 1 unspecified atom stereocenters. The van der Waals surface area contributed by atoms with Gasteiger partial charge < -0.3 is 10.0 Å². The van der Waals surface area contributed by atoms with Crippen LogP contribution in [0.15, 0.2) is 0 Å². The average molecular weight is 291 g/mol. The number of aliphatic hydroxyl groups excluding tert-OH is 1. The van der Waals surface area contributed by atoms with Crippen LogP contribution in [-0.4, -0.2) is 91.7 Å². The van der Waals surface area contributed by atoms with Crippen LogP contribution in [0.25, 0.3) is 0 Å².